The number of likely N-dealkylation sites (tertiary alicyclic amines) is 2. The van der Waals surface area contributed by atoms with E-state index >= 15 is 0 Å². The van der Waals surface area contributed by atoms with Crippen LogP contribution in [-0.4, -0.2) is 61.0 Å². The number of nitrogens with one attached hydrogen (secondary N) is 1. The number of rotatable bonds is 3. The molecule has 3 saturated heterocycles. The Labute approximate surface area is 180 Å². The van der Waals surface area contributed by atoms with Gasteiger partial charge in [0.2, 0.25) is 5.91 Å². The highest BCUT2D eigenvalue weighted by Crippen LogP contribution is 2.37. The standard InChI is InChI=1S/C22H29F3N4O2/c23-22(24,25)17-7-8-19(27-9-1-2-10-27)18(14-17)26-20(30)16-6-5-13-29(15-16)21(31)28-11-3-4-12-28/h7-8,14,16H,1-6,9-13,15H2,(H,26,30). The van der Waals surface area contributed by atoms with Crippen molar-refractivity contribution < 1.29 is 22.8 Å². The van der Waals surface area contributed by atoms with Crippen molar-refractivity contribution in [2.24, 2.45) is 5.92 Å². The maximum Gasteiger partial charge on any atom is 0.416 e. The molecule has 9 heteroatoms. The van der Waals surface area contributed by atoms with E-state index in [4.69, 9.17) is 0 Å². The molecule has 31 heavy (non-hydrogen) atoms. The maximum absolute atomic E-state index is 13.3. The van der Waals surface area contributed by atoms with Crippen molar-refractivity contribution >= 4 is 23.3 Å². The monoisotopic (exact) mass is 438 g/mol. The number of halogens is 3. The zero-order valence-corrected chi connectivity index (χ0v) is 17.6. The van der Waals surface area contributed by atoms with Crippen LogP contribution in [0.25, 0.3) is 0 Å². The van der Waals surface area contributed by atoms with Crippen LogP contribution in [-0.2, 0) is 11.0 Å². The van der Waals surface area contributed by atoms with E-state index in [0.29, 0.717) is 31.6 Å². The number of alkyl halides is 3. The molecule has 0 radical (unpaired) electrons. The first-order valence-electron chi connectivity index (χ1n) is 11.1. The zero-order chi connectivity index (χ0) is 22.0. The number of piperidine rings is 1. The van der Waals surface area contributed by atoms with Gasteiger partial charge in [0.25, 0.3) is 0 Å². The van der Waals surface area contributed by atoms with Gasteiger partial charge < -0.3 is 20.0 Å². The van der Waals surface area contributed by atoms with Crippen LogP contribution < -0.4 is 10.2 Å². The Hall–Kier alpha value is -2.45. The lowest BCUT2D eigenvalue weighted by Crippen LogP contribution is -2.48. The van der Waals surface area contributed by atoms with E-state index in [1.54, 1.807) is 4.90 Å². The van der Waals surface area contributed by atoms with Crippen LogP contribution in [0.5, 0.6) is 0 Å². The summed E-state index contributed by atoms with van der Waals surface area (Å²) < 4.78 is 39.8. The molecule has 1 unspecified atom stereocenters. The Morgan fingerprint density at radius 3 is 2.23 bits per heavy atom. The van der Waals surface area contributed by atoms with Gasteiger partial charge in [-0.1, -0.05) is 0 Å². The van der Waals surface area contributed by atoms with E-state index in [1.807, 2.05) is 9.80 Å². The van der Waals surface area contributed by atoms with Gasteiger partial charge >= 0.3 is 12.2 Å². The molecule has 0 aliphatic carbocycles. The van der Waals surface area contributed by atoms with E-state index < -0.39 is 17.7 Å². The highest BCUT2D eigenvalue weighted by atomic mass is 19.4. The van der Waals surface area contributed by atoms with E-state index in [-0.39, 0.29) is 17.6 Å². The molecular weight excluding hydrogens is 409 g/mol. The van der Waals surface area contributed by atoms with Crippen molar-refractivity contribution in [1.82, 2.24) is 9.80 Å². The average Bonchev–Trinajstić information content (AvgIpc) is 3.47. The molecule has 3 heterocycles. The predicted molar refractivity (Wildman–Crippen MR) is 112 cm³/mol. The lowest BCUT2D eigenvalue weighted by atomic mass is 9.97. The molecule has 1 atom stereocenters. The van der Waals surface area contributed by atoms with Crippen molar-refractivity contribution in [3.8, 4) is 0 Å². The summed E-state index contributed by atoms with van der Waals surface area (Å²) >= 11 is 0. The fraction of sp³-hybridized carbons (Fsp3) is 0.636. The largest absolute Gasteiger partial charge is 0.416 e. The summed E-state index contributed by atoms with van der Waals surface area (Å²) in [4.78, 5) is 31.3. The first-order chi connectivity index (χ1) is 14.8. The third kappa shape index (κ3) is 4.91. The third-order valence-corrected chi connectivity index (χ3v) is 6.47. The van der Waals surface area contributed by atoms with Crippen LogP contribution in [0.2, 0.25) is 0 Å². The minimum Gasteiger partial charge on any atom is -0.370 e. The molecule has 0 spiro atoms. The highest BCUT2D eigenvalue weighted by molar-refractivity contribution is 5.96. The van der Waals surface area contributed by atoms with Gasteiger partial charge in [-0.15, -0.1) is 0 Å². The second kappa shape index (κ2) is 8.96. The lowest BCUT2D eigenvalue weighted by molar-refractivity contribution is -0.137. The molecular formula is C22H29F3N4O2. The van der Waals surface area contributed by atoms with Gasteiger partial charge in [-0.2, -0.15) is 13.2 Å². The number of carbonyl (C=O) groups is 2. The number of hydrogen-bond donors (Lipinski definition) is 1. The second-order valence-electron chi connectivity index (χ2n) is 8.67. The Kier molecular flexibility index (Phi) is 6.29. The first kappa shape index (κ1) is 21.8. The fourth-order valence-corrected chi connectivity index (χ4v) is 4.75. The van der Waals surface area contributed by atoms with Crippen LogP contribution in [0.4, 0.5) is 29.3 Å². The molecule has 170 valence electrons. The molecule has 3 fully saturated rings. The summed E-state index contributed by atoms with van der Waals surface area (Å²) in [5.41, 5.74) is 0.0459. The Morgan fingerprint density at radius 1 is 0.903 bits per heavy atom. The molecule has 6 nitrogen and oxygen atoms in total. The summed E-state index contributed by atoms with van der Waals surface area (Å²) in [6.07, 6.45) is 0.797. The van der Waals surface area contributed by atoms with Gasteiger partial charge in [-0.3, -0.25) is 4.79 Å². The third-order valence-electron chi connectivity index (χ3n) is 6.47. The van der Waals surface area contributed by atoms with E-state index in [2.05, 4.69) is 5.32 Å². The van der Waals surface area contributed by atoms with E-state index in [1.165, 1.54) is 6.07 Å². The van der Waals surface area contributed by atoms with Crippen molar-refractivity contribution in [2.45, 2.75) is 44.7 Å². The molecule has 1 aromatic rings. The van der Waals surface area contributed by atoms with Crippen LogP contribution in [0.3, 0.4) is 0 Å². The smallest absolute Gasteiger partial charge is 0.370 e. The minimum atomic E-state index is -4.48. The van der Waals surface area contributed by atoms with Crippen LogP contribution in [0.15, 0.2) is 18.2 Å². The normalized spacial score (nSPS) is 22.2. The first-order valence-corrected chi connectivity index (χ1v) is 11.1. The van der Waals surface area contributed by atoms with Gasteiger partial charge in [0.1, 0.15) is 0 Å². The van der Waals surface area contributed by atoms with E-state index in [9.17, 15) is 22.8 Å². The molecule has 1 N–H and O–H groups in total. The van der Waals surface area contributed by atoms with Crippen LogP contribution >= 0.6 is 0 Å². The predicted octanol–water partition coefficient (Wildman–Crippen LogP) is 4.17. The van der Waals surface area contributed by atoms with Crippen molar-refractivity contribution in [3.63, 3.8) is 0 Å². The summed E-state index contributed by atoms with van der Waals surface area (Å²) in [5, 5.41) is 2.77. The zero-order valence-electron chi connectivity index (χ0n) is 17.6. The van der Waals surface area contributed by atoms with Gasteiger partial charge in [-0.25, -0.2) is 4.79 Å². The van der Waals surface area contributed by atoms with Gasteiger partial charge in [-0.05, 0) is 56.7 Å². The van der Waals surface area contributed by atoms with Crippen LogP contribution in [0.1, 0.15) is 44.1 Å². The number of hydrogen-bond acceptors (Lipinski definition) is 3. The Balaban J connectivity index is 1.49. The van der Waals surface area contributed by atoms with Gasteiger partial charge in [0.05, 0.1) is 22.9 Å². The summed E-state index contributed by atoms with van der Waals surface area (Å²) in [6.45, 7) is 3.93. The quantitative estimate of drug-likeness (QED) is 0.771. The number of benzene rings is 1. The number of nitrogens with zero attached hydrogens (tertiary/aromatic N) is 3. The topological polar surface area (TPSA) is 55.9 Å². The molecule has 0 saturated carbocycles. The molecule has 3 aliphatic heterocycles. The molecule has 3 amide bonds. The molecule has 1 aromatic carbocycles. The van der Waals surface area contributed by atoms with Gasteiger partial charge in [0.15, 0.2) is 0 Å². The fourth-order valence-electron chi connectivity index (χ4n) is 4.75. The van der Waals surface area contributed by atoms with E-state index in [0.717, 1.165) is 64.0 Å². The highest BCUT2D eigenvalue weighted by Gasteiger charge is 2.34. The lowest BCUT2D eigenvalue weighted by Gasteiger charge is -2.35. The van der Waals surface area contributed by atoms with Gasteiger partial charge in [0, 0.05) is 39.3 Å². The molecule has 3 aliphatic rings. The Morgan fingerprint density at radius 2 is 1.55 bits per heavy atom. The molecule has 4 rings (SSSR count). The minimum absolute atomic E-state index is 0.0353. The number of carbonyl (C=O) groups excluding carboxylic acids is 2. The van der Waals surface area contributed by atoms with Crippen LogP contribution in [0, 0.1) is 5.92 Å². The Bertz CT molecular complexity index is 817. The second-order valence-corrected chi connectivity index (χ2v) is 8.67. The molecule has 0 bridgehead atoms. The summed E-state index contributed by atoms with van der Waals surface area (Å²) in [6, 6.07) is 3.52. The number of urea groups is 1. The summed E-state index contributed by atoms with van der Waals surface area (Å²) in [7, 11) is 0. The number of anilines is 2. The summed E-state index contributed by atoms with van der Waals surface area (Å²) in [5.74, 6) is -0.750. The van der Waals surface area contributed by atoms with Crippen molar-refractivity contribution in [3.05, 3.63) is 23.8 Å². The molecule has 0 aromatic heterocycles. The van der Waals surface area contributed by atoms with Crippen molar-refractivity contribution in [1.29, 1.82) is 0 Å². The SMILES string of the molecule is O=C(Nc1cc(C(F)(F)F)ccc1N1CCCC1)C1CCCN(C(=O)N2CCCC2)C1. The maximum atomic E-state index is 13.3. The average molecular weight is 438 g/mol. The van der Waals surface area contributed by atoms with Crippen molar-refractivity contribution in [2.75, 3.05) is 49.5 Å². The number of amides is 3.